The molecule has 0 saturated heterocycles. The first-order valence-electron chi connectivity index (χ1n) is 9.16. The summed E-state index contributed by atoms with van der Waals surface area (Å²) < 4.78 is 19.2. The Balaban J connectivity index is 2.02. The third-order valence-corrected chi connectivity index (χ3v) is 4.53. The average molecular weight is 384 g/mol. The third kappa shape index (κ3) is 3.60. The number of hydrogen-bond donors (Lipinski definition) is 0. The van der Waals surface area contributed by atoms with Crippen molar-refractivity contribution in [3.05, 3.63) is 58.0 Å². The van der Waals surface area contributed by atoms with Gasteiger partial charge in [0.05, 0.1) is 43.5 Å². The van der Waals surface area contributed by atoms with Crippen molar-refractivity contribution in [2.75, 3.05) is 20.3 Å². The van der Waals surface area contributed by atoms with Gasteiger partial charge in [0.25, 0.3) is 0 Å². The van der Waals surface area contributed by atoms with Crippen LogP contribution in [-0.4, -0.2) is 35.4 Å². The molecular formula is C21H24N2O5. The summed E-state index contributed by atoms with van der Waals surface area (Å²) >= 11 is 0. The normalized spacial score (nSPS) is 10.9. The van der Waals surface area contributed by atoms with Crippen LogP contribution in [0.1, 0.15) is 29.8 Å². The summed E-state index contributed by atoms with van der Waals surface area (Å²) in [6.45, 7) is 4.86. The molecule has 0 saturated carbocycles. The number of hydrogen-bond acceptors (Lipinski definition) is 5. The summed E-state index contributed by atoms with van der Waals surface area (Å²) in [6.07, 6.45) is 0. The van der Waals surface area contributed by atoms with Crippen molar-refractivity contribution in [2.24, 2.45) is 7.05 Å². The molecule has 0 spiro atoms. The second-order valence-electron chi connectivity index (χ2n) is 6.27. The lowest BCUT2D eigenvalue weighted by atomic mass is 10.1. The number of nitrogens with zero attached hydrogens (tertiary/aromatic N) is 2. The Bertz CT molecular complexity index is 1060. The van der Waals surface area contributed by atoms with E-state index in [0.717, 1.165) is 11.1 Å². The van der Waals surface area contributed by atoms with Crippen molar-refractivity contribution < 1.29 is 19.0 Å². The first kappa shape index (κ1) is 19.5. The van der Waals surface area contributed by atoms with Crippen LogP contribution in [0.15, 0.2) is 41.2 Å². The van der Waals surface area contributed by atoms with Gasteiger partial charge >= 0.3 is 11.7 Å². The minimum Gasteiger partial charge on any atom is -0.493 e. The van der Waals surface area contributed by atoms with Crippen LogP contribution in [0, 0.1) is 0 Å². The summed E-state index contributed by atoms with van der Waals surface area (Å²) in [5.74, 6) is 0.886. The van der Waals surface area contributed by atoms with Crippen molar-refractivity contribution >= 4 is 17.0 Å². The zero-order chi connectivity index (χ0) is 20.3. The Morgan fingerprint density at radius 3 is 2.46 bits per heavy atom. The van der Waals surface area contributed by atoms with E-state index in [-0.39, 0.29) is 5.69 Å². The Morgan fingerprint density at radius 2 is 1.79 bits per heavy atom. The molecule has 7 heteroatoms. The Kier molecular flexibility index (Phi) is 5.73. The molecule has 2 aromatic carbocycles. The van der Waals surface area contributed by atoms with Gasteiger partial charge in [0, 0.05) is 7.05 Å². The molecular weight excluding hydrogens is 360 g/mol. The van der Waals surface area contributed by atoms with E-state index in [9.17, 15) is 9.59 Å². The largest absolute Gasteiger partial charge is 0.493 e. The van der Waals surface area contributed by atoms with E-state index in [0.29, 0.717) is 42.3 Å². The molecule has 0 aliphatic carbocycles. The fourth-order valence-corrected chi connectivity index (χ4v) is 3.17. The van der Waals surface area contributed by atoms with E-state index in [1.54, 1.807) is 43.8 Å². The highest BCUT2D eigenvalue weighted by atomic mass is 16.5. The predicted octanol–water partition coefficient (Wildman–Crippen LogP) is 2.97. The van der Waals surface area contributed by atoms with Crippen LogP contribution < -0.4 is 15.2 Å². The molecule has 0 radical (unpaired) electrons. The maximum atomic E-state index is 12.8. The van der Waals surface area contributed by atoms with Crippen molar-refractivity contribution in [1.29, 1.82) is 0 Å². The summed E-state index contributed by atoms with van der Waals surface area (Å²) in [4.78, 5) is 24.8. The summed E-state index contributed by atoms with van der Waals surface area (Å²) in [6, 6.07) is 10.7. The lowest BCUT2D eigenvalue weighted by Gasteiger charge is -2.11. The molecule has 3 aromatic rings. The number of carbonyl (C=O) groups excluding carboxylic acids is 1. The number of methoxy groups -OCH3 is 1. The highest BCUT2D eigenvalue weighted by Crippen LogP contribution is 2.28. The summed E-state index contributed by atoms with van der Waals surface area (Å²) in [7, 11) is 3.28. The number of rotatable bonds is 7. The molecule has 148 valence electrons. The standard InChI is InChI=1S/C21H24N2O5/c1-5-27-19-11-14(7-10-18(19)26-4)13-23-16-9-8-15(20(24)28-6-2)12-17(16)22(3)21(23)25/h7-12H,5-6,13H2,1-4H3. The number of imidazole rings is 1. The van der Waals surface area contributed by atoms with Gasteiger partial charge in [-0.3, -0.25) is 9.13 Å². The van der Waals surface area contributed by atoms with Crippen LogP contribution in [0.5, 0.6) is 11.5 Å². The topological polar surface area (TPSA) is 71.7 Å². The van der Waals surface area contributed by atoms with E-state index >= 15 is 0 Å². The Hall–Kier alpha value is -3.22. The summed E-state index contributed by atoms with van der Waals surface area (Å²) in [5.41, 5.74) is 2.59. The van der Waals surface area contributed by atoms with Gasteiger partial charge in [0.2, 0.25) is 0 Å². The van der Waals surface area contributed by atoms with E-state index in [1.165, 1.54) is 4.57 Å². The second kappa shape index (κ2) is 8.21. The van der Waals surface area contributed by atoms with Gasteiger partial charge in [-0.05, 0) is 49.7 Å². The van der Waals surface area contributed by atoms with E-state index in [4.69, 9.17) is 14.2 Å². The van der Waals surface area contributed by atoms with E-state index in [2.05, 4.69) is 0 Å². The molecule has 7 nitrogen and oxygen atoms in total. The molecule has 0 bridgehead atoms. The van der Waals surface area contributed by atoms with Gasteiger partial charge in [-0.1, -0.05) is 6.07 Å². The lowest BCUT2D eigenvalue weighted by Crippen LogP contribution is -2.22. The fraction of sp³-hybridized carbons (Fsp3) is 0.333. The van der Waals surface area contributed by atoms with Gasteiger partial charge in [-0.2, -0.15) is 0 Å². The zero-order valence-electron chi connectivity index (χ0n) is 16.5. The predicted molar refractivity (Wildman–Crippen MR) is 106 cm³/mol. The number of fused-ring (bicyclic) bond motifs is 1. The molecule has 0 atom stereocenters. The van der Waals surface area contributed by atoms with E-state index < -0.39 is 5.97 Å². The monoisotopic (exact) mass is 384 g/mol. The molecule has 1 aromatic heterocycles. The van der Waals surface area contributed by atoms with Gasteiger partial charge < -0.3 is 14.2 Å². The van der Waals surface area contributed by atoms with Crippen LogP contribution in [0.2, 0.25) is 0 Å². The van der Waals surface area contributed by atoms with Crippen molar-refractivity contribution in [3.63, 3.8) is 0 Å². The molecule has 0 fully saturated rings. The van der Waals surface area contributed by atoms with Gasteiger partial charge in [0.15, 0.2) is 11.5 Å². The molecule has 0 aliphatic rings. The van der Waals surface area contributed by atoms with Crippen LogP contribution in [0.3, 0.4) is 0 Å². The quantitative estimate of drug-likeness (QED) is 0.586. The first-order valence-corrected chi connectivity index (χ1v) is 9.16. The number of carbonyl (C=O) groups is 1. The van der Waals surface area contributed by atoms with E-state index in [1.807, 2.05) is 25.1 Å². The number of benzene rings is 2. The van der Waals surface area contributed by atoms with Gasteiger partial charge in [-0.25, -0.2) is 9.59 Å². The molecule has 28 heavy (non-hydrogen) atoms. The second-order valence-corrected chi connectivity index (χ2v) is 6.27. The Labute approximate surface area is 163 Å². The minimum absolute atomic E-state index is 0.162. The van der Waals surface area contributed by atoms with Crippen LogP contribution in [0.25, 0.3) is 11.0 Å². The fourth-order valence-electron chi connectivity index (χ4n) is 3.17. The van der Waals surface area contributed by atoms with Gasteiger partial charge in [-0.15, -0.1) is 0 Å². The smallest absolute Gasteiger partial charge is 0.338 e. The van der Waals surface area contributed by atoms with Crippen LogP contribution in [-0.2, 0) is 18.3 Å². The van der Waals surface area contributed by atoms with Gasteiger partial charge in [0.1, 0.15) is 0 Å². The molecule has 1 heterocycles. The van der Waals surface area contributed by atoms with Crippen molar-refractivity contribution in [1.82, 2.24) is 9.13 Å². The average Bonchev–Trinajstić information content (AvgIpc) is 2.93. The van der Waals surface area contributed by atoms with Crippen molar-refractivity contribution in [2.45, 2.75) is 20.4 Å². The lowest BCUT2D eigenvalue weighted by molar-refractivity contribution is 0.0526. The van der Waals surface area contributed by atoms with Crippen LogP contribution >= 0.6 is 0 Å². The molecule has 0 aliphatic heterocycles. The zero-order valence-corrected chi connectivity index (χ0v) is 16.5. The SMILES string of the molecule is CCOC(=O)c1ccc2c(c1)n(C)c(=O)n2Cc1ccc(OC)c(OCC)c1. The highest BCUT2D eigenvalue weighted by Gasteiger charge is 2.15. The molecule has 0 unspecified atom stereocenters. The number of aryl methyl sites for hydroxylation is 1. The molecule has 0 N–H and O–H groups in total. The maximum absolute atomic E-state index is 12.8. The number of ether oxygens (including phenoxy) is 3. The summed E-state index contributed by atoms with van der Waals surface area (Å²) in [5, 5.41) is 0. The van der Waals surface area contributed by atoms with Crippen LogP contribution in [0.4, 0.5) is 0 Å². The van der Waals surface area contributed by atoms with Crippen molar-refractivity contribution in [3.8, 4) is 11.5 Å². The number of esters is 1. The first-order chi connectivity index (χ1) is 13.5. The Morgan fingerprint density at radius 1 is 1.00 bits per heavy atom. The number of aromatic nitrogens is 2. The maximum Gasteiger partial charge on any atom is 0.338 e. The highest BCUT2D eigenvalue weighted by molar-refractivity contribution is 5.93. The molecule has 3 rings (SSSR count). The third-order valence-electron chi connectivity index (χ3n) is 4.53. The molecule has 0 amide bonds. The minimum atomic E-state index is -0.402.